The van der Waals surface area contributed by atoms with Gasteiger partial charge in [-0.05, 0) is 20.3 Å². The van der Waals surface area contributed by atoms with Gasteiger partial charge in [-0.15, -0.1) is 5.10 Å². The Balaban J connectivity index is 1.58. The zero-order valence-electron chi connectivity index (χ0n) is 15.9. The van der Waals surface area contributed by atoms with E-state index in [4.69, 9.17) is 9.47 Å². The molecule has 0 amide bonds. The molecule has 0 aromatic carbocycles. The fourth-order valence-electron chi connectivity index (χ4n) is 3.85. The van der Waals surface area contributed by atoms with Crippen LogP contribution < -0.4 is 10.1 Å². The largest absolute Gasteiger partial charge is 0.475 e. The van der Waals surface area contributed by atoms with Crippen LogP contribution in [0.15, 0.2) is 6.20 Å². The van der Waals surface area contributed by atoms with Crippen molar-refractivity contribution in [3.05, 3.63) is 17.6 Å². The van der Waals surface area contributed by atoms with Crippen LogP contribution in [0.5, 0.6) is 5.88 Å². The summed E-state index contributed by atoms with van der Waals surface area (Å²) in [5, 5.41) is 13.3. The summed E-state index contributed by atoms with van der Waals surface area (Å²) in [6, 6.07) is -0.368. The number of nitrogens with one attached hydrogen (secondary N) is 1. The van der Waals surface area contributed by atoms with Crippen molar-refractivity contribution in [2.24, 2.45) is 0 Å². The smallest absolute Gasteiger partial charge is 0.257 e. The molecule has 2 aliphatic rings. The van der Waals surface area contributed by atoms with Gasteiger partial charge >= 0.3 is 0 Å². The number of anilines is 2. The highest BCUT2D eigenvalue weighted by Gasteiger charge is 2.31. The van der Waals surface area contributed by atoms with Gasteiger partial charge in [-0.3, -0.25) is 4.68 Å². The molecule has 5 heterocycles. The predicted molar refractivity (Wildman–Crippen MR) is 99.8 cm³/mol. The molecule has 3 aromatic heterocycles. The molecular weight excluding hydrogens is 365 g/mol. The highest BCUT2D eigenvalue weighted by Crippen LogP contribution is 2.35. The first-order chi connectivity index (χ1) is 13.6. The van der Waals surface area contributed by atoms with Gasteiger partial charge in [0, 0.05) is 25.8 Å². The monoisotopic (exact) mass is 387 g/mol. The highest BCUT2D eigenvalue weighted by molar-refractivity contribution is 5.79. The average Bonchev–Trinajstić information content (AvgIpc) is 3.16. The number of hydrogen-bond donors (Lipinski definition) is 1. The first-order valence-electron chi connectivity index (χ1n) is 9.52. The van der Waals surface area contributed by atoms with Crippen LogP contribution in [-0.2, 0) is 11.3 Å². The molecular formula is C18H22FN7O2. The molecule has 0 spiro atoms. The molecule has 0 aliphatic carbocycles. The van der Waals surface area contributed by atoms with E-state index in [1.54, 1.807) is 10.9 Å². The zero-order valence-corrected chi connectivity index (χ0v) is 15.9. The van der Waals surface area contributed by atoms with Gasteiger partial charge in [-0.2, -0.15) is 10.1 Å². The Morgan fingerprint density at radius 3 is 3.00 bits per heavy atom. The molecule has 1 N–H and O–H groups in total. The maximum Gasteiger partial charge on any atom is 0.257 e. The fraction of sp³-hybridized carbons (Fsp3) is 0.556. The predicted octanol–water partition coefficient (Wildman–Crippen LogP) is 2.47. The lowest BCUT2D eigenvalue weighted by atomic mass is 10.1. The Labute approximate surface area is 160 Å². The SMILES string of the molecule is Cc1nn2c3nc(ncc13)Nc1c(nn([C@@H]3CCOC[C@H]3F)c1C)OCCC2. The van der Waals surface area contributed by atoms with Crippen LogP contribution in [0.3, 0.4) is 0 Å². The van der Waals surface area contributed by atoms with Crippen LogP contribution >= 0.6 is 0 Å². The molecule has 10 heteroatoms. The Bertz CT molecular complexity index is 1030. The Hall–Kier alpha value is -2.75. The van der Waals surface area contributed by atoms with Crippen molar-refractivity contribution in [3.8, 4) is 5.88 Å². The lowest BCUT2D eigenvalue weighted by Gasteiger charge is -2.27. The minimum atomic E-state index is -1.10. The molecule has 9 nitrogen and oxygen atoms in total. The second-order valence-corrected chi connectivity index (χ2v) is 7.22. The Morgan fingerprint density at radius 2 is 2.14 bits per heavy atom. The van der Waals surface area contributed by atoms with E-state index in [1.165, 1.54) is 0 Å². The lowest BCUT2D eigenvalue weighted by molar-refractivity contribution is -0.000995. The van der Waals surface area contributed by atoms with Crippen molar-refractivity contribution in [3.63, 3.8) is 0 Å². The minimum absolute atomic E-state index is 0.0893. The summed E-state index contributed by atoms with van der Waals surface area (Å²) < 4.78 is 29.2. The van der Waals surface area contributed by atoms with E-state index in [-0.39, 0.29) is 12.6 Å². The topological polar surface area (TPSA) is 91.9 Å². The zero-order chi connectivity index (χ0) is 19.3. The summed E-state index contributed by atoms with van der Waals surface area (Å²) in [6.07, 6.45) is 2.00. The van der Waals surface area contributed by atoms with Crippen LogP contribution in [0.4, 0.5) is 16.0 Å². The van der Waals surface area contributed by atoms with Crippen LogP contribution in [0.2, 0.25) is 0 Å². The summed E-state index contributed by atoms with van der Waals surface area (Å²) in [5.41, 5.74) is 3.15. The van der Waals surface area contributed by atoms with E-state index in [1.807, 2.05) is 18.5 Å². The Morgan fingerprint density at radius 1 is 1.25 bits per heavy atom. The molecule has 5 rings (SSSR count). The van der Waals surface area contributed by atoms with Crippen molar-refractivity contribution in [1.82, 2.24) is 29.5 Å². The normalized spacial score (nSPS) is 22.4. The number of halogens is 1. The van der Waals surface area contributed by atoms with Gasteiger partial charge in [0.1, 0.15) is 11.9 Å². The first-order valence-corrected chi connectivity index (χ1v) is 9.52. The fourth-order valence-corrected chi connectivity index (χ4v) is 3.85. The van der Waals surface area contributed by atoms with Gasteiger partial charge < -0.3 is 14.8 Å². The van der Waals surface area contributed by atoms with Crippen LogP contribution in [0.25, 0.3) is 11.0 Å². The number of rotatable bonds is 1. The van der Waals surface area contributed by atoms with Crippen LogP contribution in [0.1, 0.15) is 30.3 Å². The summed E-state index contributed by atoms with van der Waals surface area (Å²) in [4.78, 5) is 9.07. The number of ether oxygens (including phenoxy) is 2. The van der Waals surface area contributed by atoms with E-state index in [0.29, 0.717) is 43.7 Å². The van der Waals surface area contributed by atoms with Gasteiger partial charge in [0.25, 0.3) is 5.88 Å². The number of alkyl halides is 1. The van der Waals surface area contributed by atoms with Crippen molar-refractivity contribution in [1.29, 1.82) is 0 Å². The van der Waals surface area contributed by atoms with Gasteiger partial charge in [0.05, 0.1) is 36.0 Å². The molecule has 1 saturated heterocycles. The third-order valence-corrected chi connectivity index (χ3v) is 5.35. The van der Waals surface area contributed by atoms with E-state index >= 15 is 0 Å². The maximum atomic E-state index is 14.4. The van der Waals surface area contributed by atoms with Crippen LogP contribution in [0, 0.1) is 13.8 Å². The number of fused-ring (bicyclic) bond motifs is 2. The number of aryl methyl sites for hydroxylation is 2. The van der Waals surface area contributed by atoms with E-state index in [2.05, 4.69) is 25.5 Å². The van der Waals surface area contributed by atoms with Crippen LogP contribution in [-0.4, -0.2) is 55.5 Å². The molecule has 2 atom stereocenters. The third kappa shape index (κ3) is 2.79. The number of aromatic nitrogens is 6. The van der Waals surface area contributed by atoms with Crippen molar-refractivity contribution >= 4 is 22.7 Å². The van der Waals surface area contributed by atoms with Crippen molar-refractivity contribution in [2.75, 3.05) is 25.1 Å². The van der Waals surface area contributed by atoms with E-state index < -0.39 is 6.17 Å². The second kappa shape index (κ2) is 6.69. The molecule has 2 bridgehead atoms. The van der Waals surface area contributed by atoms with E-state index in [9.17, 15) is 4.39 Å². The van der Waals surface area contributed by atoms with Crippen molar-refractivity contribution < 1.29 is 13.9 Å². The van der Waals surface area contributed by atoms with E-state index in [0.717, 1.165) is 28.8 Å². The third-order valence-electron chi connectivity index (χ3n) is 5.35. The molecule has 0 unspecified atom stereocenters. The molecule has 0 saturated carbocycles. The molecule has 2 aliphatic heterocycles. The first kappa shape index (κ1) is 17.4. The molecule has 0 radical (unpaired) electrons. The van der Waals surface area contributed by atoms with Gasteiger partial charge in [-0.1, -0.05) is 0 Å². The van der Waals surface area contributed by atoms with Crippen molar-refractivity contribution in [2.45, 2.75) is 45.4 Å². The van der Waals surface area contributed by atoms with Gasteiger partial charge in [-0.25, -0.2) is 14.1 Å². The maximum absolute atomic E-state index is 14.4. The molecule has 1 fully saturated rings. The highest BCUT2D eigenvalue weighted by atomic mass is 19.1. The summed E-state index contributed by atoms with van der Waals surface area (Å²) in [6.45, 7) is 5.62. The second-order valence-electron chi connectivity index (χ2n) is 7.22. The molecule has 148 valence electrons. The van der Waals surface area contributed by atoms with Gasteiger partial charge in [0.15, 0.2) is 5.65 Å². The molecule has 28 heavy (non-hydrogen) atoms. The Kier molecular flexibility index (Phi) is 4.15. The standard InChI is InChI=1S/C18H22FN7O2/c1-10-12-8-20-18-21-15-11(2)26(14-4-7-27-9-13(14)19)24-17(15)28-6-3-5-25(23-10)16(12)22-18/h8,13-14H,3-7,9H2,1-2H3,(H,20,21,22)/t13-,14-/m1/s1. The quantitative estimate of drug-likeness (QED) is 0.686. The lowest BCUT2D eigenvalue weighted by Crippen LogP contribution is -2.32. The summed E-state index contributed by atoms with van der Waals surface area (Å²) in [5.74, 6) is 0.877. The molecule has 3 aromatic rings. The van der Waals surface area contributed by atoms with Gasteiger partial charge in [0.2, 0.25) is 5.95 Å². The summed E-state index contributed by atoms with van der Waals surface area (Å²) in [7, 11) is 0. The minimum Gasteiger partial charge on any atom is -0.475 e. The average molecular weight is 387 g/mol. The number of hydrogen-bond acceptors (Lipinski definition) is 7. The number of nitrogens with zero attached hydrogens (tertiary/aromatic N) is 6. The summed E-state index contributed by atoms with van der Waals surface area (Å²) >= 11 is 0.